The van der Waals surface area contributed by atoms with Crippen LogP contribution in [0.1, 0.15) is 31.0 Å². The molecule has 0 atom stereocenters. The predicted octanol–water partition coefficient (Wildman–Crippen LogP) is 3.61. The molecule has 132 valence electrons. The Morgan fingerprint density at radius 3 is 2.52 bits per heavy atom. The standard InChI is InChI=1S/C19H22ClN3O2/c1-2-16-11-17(22-13-21-16)23-9-7-19(8-10-23,18(24)25)12-14-3-5-15(20)6-4-14/h3-6,11,13H,2,7-10,12H2,1H3,(H,24,25). The van der Waals surface area contributed by atoms with Gasteiger partial charge in [0.1, 0.15) is 12.1 Å². The van der Waals surface area contributed by atoms with Gasteiger partial charge in [0, 0.05) is 29.9 Å². The fraction of sp³-hybridized carbons (Fsp3) is 0.421. The molecule has 1 aromatic heterocycles. The molecule has 0 saturated carbocycles. The summed E-state index contributed by atoms with van der Waals surface area (Å²) in [6, 6.07) is 9.45. The van der Waals surface area contributed by atoms with Crippen molar-refractivity contribution in [3.8, 4) is 0 Å². The minimum Gasteiger partial charge on any atom is -0.481 e. The summed E-state index contributed by atoms with van der Waals surface area (Å²) < 4.78 is 0. The van der Waals surface area contributed by atoms with Crippen molar-refractivity contribution in [3.05, 3.63) is 52.9 Å². The Labute approximate surface area is 152 Å². The zero-order valence-electron chi connectivity index (χ0n) is 14.3. The average molecular weight is 360 g/mol. The summed E-state index contributed by atoms with van der Waals surface area (Å²) in [5.41, 5.74) is 1.28. The van der Waals surface area contributed by atoms with Crippen molar-refractivity contribution in [3.63, 3.8) is 0 Å². The van der Waals surface area contributed by atoms with Crippen LogP contribution in [0.2, 0.25) is 5.02 Å². The number of carboxylic acid groups (broad SMARTS) is 1. The molecule has 0 radical (unpaired) electrons. The number of benzene rings is 1. The number of anilines is 1. The number of aromatic nitrogens is 2. The van der Waals surface area contributed by atoms with Gasteiger partial charge in [0.2, 0.25) is 0 Å². The molecule has 5 nitrogen and oxygen atoms in total. The third kappa shape index (κ3) is 3.93. The van der Waals surface area contributed by atoms with Crippen molar-refractivity contribution in [2.45, 2.75) is 32.6 Å². The van der Waals surface area contributed by atoms with E-state index in [1.54, 1.807) is 6.33 Å². The number of rotatable bonds is 5. The quantitative estimate of drug-likeness (QED) is 0.883. The molecule has 0 amide bonds. The van der Waals surface area contributed by atoms with Crippen molar-refractivity contribution in [1.82, 2.24) is 9.97 Å². The van der Waals surface area contributed by atoms with Gasteiger partial charge in [-0.05, 0) is 43.4 Å². The second-order valence-electron chi connectivity index (χ2n) is 6.60. The van der Waals surface area contributed by atoms with E-state index in [1.165, 1.54) is 0 Å². The maximum atomic E-state index is 12.0. The van der Waals surface area contributed by atoms with Crippen molar-refractivity contribution in [2.75, 3.05) is 18.0 Å². The molecule has 0 aliphatic carbocycles. The fourth-order valence-electron chi connectivity index (χ4n) is 3.38. The van der Waals surface area contributed by atoms with E-state index in [0.29, 0.717) is 37.4 Å². The number of aliphatic carboxylic acids is 1. The first-order valence-corrected chi connectivity index (χ1v) is 8.94. The van der Waals surface area contributed by atoms with Crippen LogP contribution in [-0.4, -0.2) is 34.1 Å². The molecule has 2 aromatic rings. The molecule has 0 unspecified atom stereocenters. The van der Waals surface area contributed by atoms with Gasteiger partial charge in [-0.15, -0.1) is 0 Å². The number of aryl methyl sites for hydroxylation is 1. The third-order valence-corrected chi connectivity index (χ3v) is 5.28. The van der Waals surface area contributed by atoms with Crippen LogP contribution in [0, 0.1) is 5.41 Å². The molecular formula is C19H22ClN3O2. The maximum absolute atomic E-state index is 12.0. The van der Waals surface area contributed by atoms with Crippen LogP contribution in [0.5, 0.6) is 0 Å². The van der Waals surface area contributed by atoms with Crippen molar-refractivity contribution in [1.29, 1.82) is 0 Å². The Kier molecular flexibility index (Phi) is 5.23. The SMILES string of the molecule is CCc1cc(N2CCC(Cc3ccc(Cl)cc3)(C(=O)O)CC2)ncn1. The summed E-state index contributed by atoms with van der Waals surface area (Å²) in [5, 5.41) is 10.5. The molecule has 1 aliphatic heterocycles. The van der Waals surface area contributed by atoms with Crippen molar-refractivity contribution >= 4 is 23.4 Å². The normalized spacial score (nSPS) is 16.6. The molecule has 3 rings (SSSR count). The minimum atomic E-state index is -0.731. The van der Waals surface area contributed by atoms with Crippen LogP contribution in [-0.2, 0) is 17.6 Å². The topological polar surface area (TPSA) is 66.3 Å². The zero-order chi connectivity index (χ0) is 17.9. The fourth-order valence-corrected chi connectivity index (χ4v) is 3.50. The molecule has 0 spiro atoms. The van der Waals surface area contributed by atoms with E-state index < -0.39 is 11.4 Å². The summed E-state index contributed by atoms with van der Waals surface area (Å²) in [5.74, 6) is 0.163. The van der Waals surface area contributed by atoms with Gasteiger partial charge in [0.15, 0.2) is 0 Å². The zero-order valence-corrected chi connectivity index (χ0v) is 15.0. The van der Waals surface area contributed by atoms with Crippen LogP contribution in [0.25, 0.3) is 0 Å². The van der Waals surface area contributed by atoms with Crippen LogP contribution >= 0.6 is 11.6 Å². The van der Waals surface area contributed by atoms with Crippen LogP contribution in [0.3, 0.4) is 0 Å². The molecule has 6 heteroatoms. The molecule has 25 heavy (non-hydrogen) atoms. The molecule has 1 aliphatic rings. The van der Waals surface area contributed by atoms with Gasteiger partial charge >= 0.3 is 5.97 Å². The number of carbonyl (C=O) groups is 1. The summed E-state index contributed by atoms with van der Waals surface area (Å²) in [6.45, 7) is 3.42. The van der Waals surface area contributed by atoms with Crippen LogP contribution in [0.15, 0.2) is 36.7 Å². The second kappa shape index (κ2) is 7.40. The largest absolute Gasteiger partial charge is 0.481 e. The smallest absolute Gasteiger partial charge is 0.310 e. The van der Waals surface area contributed by atoms with E-state index >= 15 is 0 Å². The van der Waals surface area contributed by atoms with Gasteiger partial charge in [0.05, 0.1) is 5.41 Å². The summed E-state index contributed by atoms with van der Waals surface area (Å²) in [6.07, 6.45) is 4.16. The molecular weight excluding hydrogens is 338 g/mol. The molecule has 1 saturated heterocycles. The molecule has 2 heterocycles. The Balaban J connectivity index is 1.74. The monoisotopic (exact) mass is 359 g/mol. The van der Waals surface area contributed by atoms with Gasteiger partial charge in [-0.25, -0.2) is 9.97 Å². The summed E-state index contributed by atoms with van der Waals surface area (Å²) >= 11 is 5.93. The highest BCUT2D eigenvalue weighted by Crippen LogP contribution is 2.37. The van der Waals surface area contributed by atoms with Gasteiger partial charge in [0.25, 0.3) is 0 Å². The summed E-state index contributed by atoms with van der Waals surface area (Å²) in [4.78, 5) is 22.8. The lowest BCUT2D eigenvalue weighted by Gasteiger charge is -2.39. The number of piperidine rings is 1. The first-order chi connectivity index (χ1) is 12.0. The highest BCUT2D eigenvalue weighted by molar-refractivity contribution is 6.30. The Bertz CT molecular complexity index is 741. The van der Waals surface area contributed by atoms with Crippen molar-refractivity contribution < 1.29 is 9.90 Å². The van der Waals surface area contributed by atoms with E-state index in [1.807, 2.05) is 30.3 Å². The Morgan fingerprint density at radius 1 is 1.24 bits per heavy atom. The number of carboxylic acids is 1. The average Bonchev–Trinajstić information content (AvgIpc) is 2.64. The van der Waals surface area contributed by atoms with Crippen molar-refractivity contribution in [2.24, 2.45) is 5.41 Å². The number of halogens is 1. The molecule has 1 N–H and O–H groups in total. The minimum absolute atomic E-state index is 0.525. The van der Waals surface area contributed by atoms with E-state index in [4.69, 9.17) is 11.6 Å². The van der Waals surface area contributed by atoms with E-state index in [0.717, 1.165) is 23.5 Å². The van der Waals surface area contributed by atoms with E-state index in [-0.39, 0.29) is 0 Å². The maximum Gasteiger partial charge on any atom is 0.310 e. The van der Waals surface area contributed by atoms with E-state index in [9.17, 15) is 9.90 Å². The number of nitrogens with zero attached hydrogens (tertiary/aromatic N) is 3. The second-order valence-corrected chi connectivity index (χ2v) is 7.03. The lowest BCUT2D eigenvalue weighted by molar-refractivity contribution is -0.150. The predicted molar refractivity (Wildman–Crippen MR) is 98.1 cm³/mol. The highest BCUT2D eigenvalue weighted by Gasteiger charge is 2.41. The van der Waals surface area contributed by atoms with Crippen LogP contribution in [0.4, 0.5) is 5.82 Å². The summed E-state index contributed by atoms with van der Waals surface area (Å²) in [7, 11) is 0. The van der Waals surface area contributed by atoms with Gasteiger partial charge in [-0.2, -0.15) is 0 Å². The van der Waals surface area contributed by atoms with Gasteiger partial charge in [-0.3, -0.25) is 4.79 Å². The third-order valence-electron chi connectivity index (χ3n) is 5.03. The lowest BCUT2D eigenvalue weighted by atomic mass is 9.74. The molecule has 0 bridgehead atoms. The lowest BCUT2D eigenvalue weighted by Crippen LogP contribution is -2.46. The molecule has 1 fully saturated rings. The number of hydrogen-bond donors (Lipinski definition) is 1. The number of hydrogen-bond acceptors (Lipinski definition) is 4. The van der Waals surface area contributed by atoms with Gasteiger partial charge < -0.3 is 10.0 Å². The first kappa shape index (κ1) is 17.7. The Hall–Kier alpha value is -2.14. The van der Waals surface area contributed by atoms with E-state index in [2.05, 4.69) is 21.8 Å². The Morgan fingerprint density at radius 2 is 1.92 bits per heavy atom. The van der Waals surface area contributed by atoms with Crippen LogP contribution < -0.4 is 4.90 Å². The molecule has 1 aromatic carbocycles. The first-order valence-electron chi connectivity index (χ1n) is 8.56. The van der Waals surface area contributed by atoms with Gasteiger partial charge in [-0.1, -0.05) is 30.7 Å². The highest BCUT2D eigenvalue weighted by atomic mass is 35.5.